The number of likely N-dealkylation sites (tertiary alicyclic amines) is 1. The highest BCUT2D eigenvalue weighted by Crippen LogP contribution is 2.24. The highest BCUT2D eigenvalue weighted by Gasteiger charge is 2.28. The Balaban J connectivity index is 2.03. The van der Waals surface area contributed by atoms with Crippen LogP contribution in [0.5, 0.6) is 0 Å². The Labute approximate surface area is 135 Å². The summed E-state index contributed by atoms with van der Waals surface area (Å²) in [6, 6.07) is 1.69. The molecule has 0 aromatic carbocycles. The smallest absolute Gasteiger partial charge is 0.254 e. The molecular formula is C16H24N2O3S. The molecule has 0 spiro atoms. The minimum Gasteiger partial charge on any atom is -0.391 e. The predicted molar refractivity (Wildman–Crippen MR) is 87.2 cm³/mol. The van der Waals surface area contributed by atoms with Crippen LogP contribution in [0, 0.1) is 0 Å². The normalized spacial score (nSPS) is 22.5. The molecular weight excluding hydrogens is 300 g/mol. The maximum Gasteiger partial charge on any atom is 0.254 e. The molecule has 2 N–H and O–H groups in total. The second-order valence-corrected chi connectivity index (χ2v) is 7.08. The molecule has 1 aliphatic rings. The fourth-order valence-electron chi connectivity index (χ4n) is 2.67. The molecule has 0 saturated carbocycles. The van der Waals surface area contributed by atoms with Gasteiger partial charge in [0.25, 0.3) is 5.91 Å². The van der Waals surface area contributed by atoms with Gasteiger partial charge in [-0.2, -0.15) is 0 Å². The Hall–Kier alpha value is -1.40. The van der Waals surface area contributed by atoms with Gasteiger partial charge in [-0.25, -0.2) is 0 Å². The quantitative estimate of drug-likeness (QED) is 0.893. The molecule has 5 nitrogen and oxygen atoms in total. The van der Waals surface area contributed by atoms with Crippen LogP contribution in [0.2, 0.25) is 0 Å². The first-order valence-corrected chi connectivity index (χ1v) is 8.59. The molecule has 0 radical (unpaired) electrons. The van der Waals surface area contributed by atoms with Crippen molar-refractivity contribution in [3.63, 3.8) is 0 Å². The zero-order valence-electron chi connectivity index (χ0n) is 13.3. The van der Waals surface area contributed by atoms with E-state index in [1.807, 2.05) is 11.4 Å². The van der Waals surface area contributed by atoms with Crippen molar-refractivity contribution in [2.75, 3.05) is 13.1 Å². The molecule has 2 atom stereocenters. The lowest BCUT2D eigenvalue weighted by Crippen LogP contribution is -2.42. The SMILES string of the molecule is CC(=O)N[C@H]1CCN(C(=O)c2csc(C(C)C)c2)CC[C@@H]1O. The Morgan fingerprint density at radius 1 is 1.36 bits per heavy atom. The fourth-order valence-corrected chi connectivity index (χ4v) is 3.57. The number of hydrogen-bond acceptors (Lipinski definition) is 4. The van der Waals surface area contributed by atoms with Gasteiger partial charge in [0.15, 0.2) is 0 Å². The van der Waals surface area contributed by atoms with Crippen LogP contribution in [0.15, 0.2) is 11.4 Å². The van der Waals surface area contributed by atoms with E-state index in [4.69, 9.17) is 0 Å². The molecule has 1 saturated heterocycles. The zero-order chi connectivity index (χ0) is 16.3. The highest BCUT2D eigenvalue weighted by atomic mass is 32.1. The van der Waals surface area contributed by atoms with Crippen molar-refractivity contribution in [1.82, 2.24) is 10.2 Å². The number of aliphatic hydroxyl groups excluding tert-OH is 1. The third-order valence-corrected chi connectivity index (χ3v) is 5.21. The molecule has 6 heteroatoms. The van der Waals surface area contributed by atoms with Crippen molar-refractivity contribution >= 4 is 23.2 Å². The van der Waals surface area contributed by atoms with Crippen molar-refractivity contribution in [1.29, 1.82) is 0 Å². The van der Waals surface area contributed by atoms with Crippen LogP contribution < -0.4 is 5.32 Å². The number of rotatable bonds is 3. The molecule has 0 unspecified atom stereocenters. The summed E-state index contributed by atoms with van der Waals surface area (Å²) in [5.41, 5.74) is 0.723. The average molecular weight is 324 g/mol. The first kappa shape index (κ1) is 17.0. The topological polar surface area (TPSA) is 69.6 Å². The first-order valence-electron chi connectivity index (χ1n) is 7.71. The number of nitrogens with zero attached hydrogens (tertiary/aromatic N) is 1. The lowest BCUT2D eigenvalue weighted by molar-refractivity contribution is -0.120. The van der Waals surface area contributed by atoms with Gasteiger partial charge < -0.3 is 15.3 Å². The summed E-state index contributed by atoms with van der Waals surface area (Å²) >= 11 is 1.61. The third kappa shape index (κ3) is 4.08. The zero-order valence-corrected chi connectivity index (χ0v) is 14.2. The maximum absolute atomic E-state index is 12.6. The van der Waals surface area contributed by atoms with Crippen LogP contribution in [0.1, 0.15) is 54.8 Å². The minimum absolute atomic E-state index is 0.0128. The van der Waals surface area contributed by atoms with Gasteiger partial charge in [-0.1, -0.05) is 13.8 Å². The van der Waals surface area contributed by atoms with Crippen LogP contribution in [-0.4, -0.2) is 47.1 Å². The summed E-state index contributed by atoms with van der Waals surface area (Å²) in [6.07, 6.45) is 0.460. The number of thiophene rings is 1. The molecule has 2 amide bonds. The number of amides is 2. The van der Waals surface area contributed by atoms with Gasteiger partial charge in [-0.3, -0.25) is 9.59 Å². The largest absolute Gasteiger partial charge is 0.391 e. The summed E-state index contributed by atoms with van der Waals surface area (Å²) in [5.74, 6) is 0.281. The lowest BCUT2D eigenvalue weighted by atomic mass is 10.1. The van der Waals surface area contributed by atoms with Crippen molar-refractivity contribution in [2.24, 2.45) is 0 Å². The van der Waals surface area contributed by atoms with E-state index in [0.717, 1.165) is 5.56 Å². The van der Waals surface area contributed by atoms with Gasteiger partial charge in [0.1, 0.15) is 0 Å². The second-order valence-electron chi connectivity index (χ2n) is 6.14. The summed E-state index contributed by atoms with van der Waals surface area (Å²) in [5, 5.41) is 14.8. The van der Waals surface area contributed by atoms with Gasteiger partial charge in [0.05, 0.1) is 17.7 Å². The Kier molecular flexibility index (Phi) is 5.58. The van der Waals surface area contributed by atoms with Crippen molar-refractivity contribution < 1.29 is 14.7 Å². The number of nitrogens with one attached hydrogen (secondary N) is 1. The standard InChI is InChI=1S/C16H24N2O3S/c1-10(2)15-8-12(9-22-15)16(21)18-6-4-13(17-11(3)19)14(20)5-7-18/h8-10,13-14,20H,4-7H2,1-3H3,(H,17,19)/t13-,14-/m0/s1. The van der Waals surface area contributed by atoms with E-state index in [1.54, 1.807) is 16.2 Å². The molecule has 2 rings (SSSR count). The van der Waals surface area contributed by atoms with Crippen molar-refractivity contribution in [3.05, 3.63) is 21.9 Å². The molecule has 1 aromatic heterocycles. The van der Waals surface area contributed by atoms with Crippen molar-refractivity contribution in [3.8, 4) is 0 Å². The van der Waals surface area contributed by atoms with Crippen LogP contribution in [-0.2, 0) is 4.79 Å². The Bertz CT molecular complexity index is 541. The van der Waals surface area contributed by atoms with E-state index in [2.05, 4.69) is 19.2 Å². The predicted octanol–water partition coefficient (Wildman–Crippen LogP) is 1.97. The number of hydrogen-bond donors (Lipinski definition) is 2. The number of aliphatic hydroxyl groups is 1. The second kappa shape index (κ2) is 7.24. The van der Waals surface area contributed by atoms with Crippen LogP contribution in [0.3, 0.4) is 0 Å². The average Bonchev–Trinajstić information content (AvgIpc) is 2.87. The summed E-state index contributed by atoms with van der Waals surface area (Å²) in [4.78, 5) is 26.7. The minimum atomic E-state index is -0.601. The number of carbonyl (C=O) groups excluding carboxylic acids is 2. The molecule has 1 fully saturated rings. The Morgan fingerprint density at radius 2 is 2.05 bits per heavy atom. The molecule has 122 valence electrons. The van der Waals surface area contributed by atoms with E-state index < -0.39 is 6.10 Å². The first-order chi connectivity index (χ1) is 10.4. The third-order valence-electron chi connectivity index (χ3n) is 3.98. The number of carbonyl (C=O) groups is 2. The van der Waals surface area contributed by atoms with E-state index >= 15 is 0 Å². The van der Waals surface area contributed by atoms with Gasteiger partial charge in [0, 0.05) is 30.3 Å². The molecule has 2 heterocycles. The van der Waals surface area contributed by atoms with Crippen LogP contribution in [0.25, 0.3) is 0 Å². The summed E-state index contributed by atoms with van der Waals surface area (Å²) in [6.45, 7) is 6.73. The lowest BCUT2D eigenvalue weighted by Gasteiger charge is -2.20. The van der Waals surface area contributed by atoms with Crippen LogP contribution >= 0.6 is 11.3 Å². The van der Waals surface area contributed by atoms with E-state index in [-0.39, 0.29) is 17.9 Å². The maximum atomic E-state index is 12.6. The van der Waals surface area contributed by atoms with E-state index in [0.29, 0.717) is 31.8 Å². The Morgan fingerprint density at radius 3 is 2.64 bits per heavy atom. The molecule has 22 heavy (non-hydrogen) atoms. The van der Waals surface area contributed by atoms with E-state index in [9.17, 15) is 14.7 Å². The van der Waals surface area contributed by atoms with Gasteiger partial charge in [-0.05, 0) is 24.8 Å². The van der Waals surface area contributed by atoms with Gasteiger partial charge in [0.2, 0.25) is 5.91 Å². The highest BCUT2D eigenvalue weighted by molar-refractivity contribution is 7.10. The van der Waals surface area contributed by atoms with E-state index in [1.165, 1.54) is 11.8 Å². The van der Waals surface area contributed by atoms with Gasteiger partial charge >= 0.3 is 0 Å². The molecule has 1 aromatic rings. The summed E-state index contributed by atoms with van der Waals surface area (Å²) in [7, 11) is 0. The summed E-state index contributed by atoms with van der Waals surface area (Å²) < 4.78 is 0. The molecule has 0 aliphatic carbocycles. The molecule has 1 aliphatic heterocycles. The fraction of sp³-hybridized carbons (Fsp3) is 0.625. The van der Waals surface area contributed by atoms with Crippen molar-refractivity contribution in [2.45, 2.75) is 51.7 Å². The van der Waals surface area contributed by atoms with Gasteiger partial charge in [-0.15, -0.1) is 11.3 Å². The molecule has 0 bridgehead atoms. The van der Waals surface area contributed by atoms with Crippen LogP contribution in [0.4, 0.5) is 0 Å². The monoisotopic (exact) mass is 324 g/mol.